The van der Waals surface area contributed by atoms with E-state index in [1.807, 2.05) is 0 Å². The fourth-order valence-electron chi connectivity index (χ4n) is 1.12. The molecule has 0 heterocycles. The van der Waals surface area contributed by atoms with Crippen LogP contribution in [0.3, 0.4) is 0 Å². The van der Waals surface area contributed by atoms with Gasteiger partial charge in [-0.15, -0.1) is 0 Å². The normalized spacial score (nSPS) is 11.3. The van der Waals surface area contributed by atoms with Gasteiger partial charge in [-0.25, -0.2) is 13.1 Å². The molecule has 0 atom stereocenters. The highest BCUT2D eigenvalue weighted by atomic mass is 32.2. The number of hydrogen-bond donors (Lipinski definition) is 4. The first-order chi connectivity index (χ1) is 7.44. The molecule has 0 aliphatic rings. The first kappa shape index (κ1) is 12.6. The fraction of sp³-hybridized carbons (Fsp3) is 0.333. The lowest BCUT2D eigenvalue weighted by molar-refractivity contribution is 0.588. The Kier molecular flexibility index (Phi) is 3.97. The highest BCUT2D eigenvalue weighted by molar-refractivity contribution is 7.89. The van der Waals surface area contributed by atoms with Crippen molar-refractivity contribution in [2.24, 2.45) is 0 Å². The number of nitrogen functional groups attached to an aromatic ring is 2. The summed E-state index contributed by atoms with van der Waals surface area (Å²) in [5, 5.41) is 2.95. The van der Waals surface area contributed by atoms with Crippen molar-refractivity contribution >= 4 is 27.1 Å². The lowest BCUT2D eigenvalue weighted by Crippen LogP contribution is -2.26. The Morgan fingerprint density at radius 2 is 1.94 bits per heavy atom. The van der Waals surface area contributed by atoms with Crippen molar-refractivity contribution in [3.05, 3.63) is 18.2 Å². The summed E-state index contributed by atoms with van der Waals surface area (Å²) in [5.41, 5.74) is 12.9. The quantitative estimate of drug-likeness (QED) is 0.537. The summed E-state index contributed by atoms with van der Waals surface area (Å²) in [6.45, 7) is 0.312. The second-order valence-corrected chi connectivity index (χ2v) is 5.34. The zero-order valence-corrected chi connectivity index (χ0v) is 9.84. The predicted molar refractivity (Wildman–Crippen MR) is 66.6 cm³/mol. The van der Waals surface area contributed by atoms with Crippen molar-refractivity contribution in [2.75, 3.05) is 36.1 Å². The van der Waals surface area contributed by atoms with Gasteiger partial charge in [-0.3, -0.25) is 0 Å². The molecule has 1 rings (SSSR count). The molecule has 0 bridgehead atoms. The average molecular weight is 244 g/mol. The molecule has 0 unspecified atom stereocenters. The maximum atomic E-state index is 11.1. The van der Waals surface area contributed by atoms with Crippen LogP contribution in [0, 0.1) is 0 Å². The van der Waals surface area contributed by atoms with Crippen molar-refractivity contribution in [1.82, 2.24) is 4.72 Å². The molecule has 6 nitrogen and oxygen atoms in total. The maximum Gasteiger partial charge on any atom is 0.213 e. The number of nitrogens with two attached hydrogens (primary N) is 2. The van der Waals surface area contributed by atoms with Gasteiger partial charge in [0.05, 0.1) is 17.1 Å². The minimum Gasteiger partial charge on any atom is -0.397 e. The summed E-state index contributed by atoms with van der Waals surface area (Å²) in [6.07, 6.45) is 0. The van der Waals surface area contributed by atoms with E-state index in [9.17, 15) is 8.42 Å². The van der Waals surface area contributed by atoms with Crippen molar-refractivity contribution in [3.8, 4) is 0 Å². The Morgan fingerprint density at radius 1 is 1.25 bits per heavy atom. The molecular weight excluding hydrogens is 228 g/mol. The molecule has 7 heteroatoms. The topological polar surface area (TPSA) is 110 Å². The van der Waals surface area contributed by atoms with Crippen LogP contribution in [0.15, 0.2) is 18.2 Å². The fourth-order valence-corrected chi connectivity index (χ4v) is 1.69. The molecule has 0 aliphatic heterocycles. The monoisotopic (exact) mass is 244 g/mol. The third kappa shape index (κ3) is 3.59. The lowest BCUT2D eigenvalue weighted by atomic mass is 10.2. The van der Waals surface area contributed by atoms with Gasteiger partial charge in [0.2, 0.25) is 10.0 Å². The van der Waals surface area contributed by atoms with Crippen LogP contribution in [0.4, 0.5) is 17.1 Å². The van der Waals surface area contributed by atoms with E-state index in [0.717, 1.165) is 5.69 Å². The van der Waals surface area contributed by atoms with E-state index in [0.29, 0.717) is 17.9 Å². The molecule has 1 aromatic carbocycles. The number of benzene rings is 1. The highest BCUT2D eigenvalue weighted by Crippen LogP contribution is 2.19. The molecule has 0 saturated carbocycles. The standard InChI is InChI=1S/C9H16N4O2S/c1-12-16(14,15)5-4-13-7-2-3-8(10)9(11)6-7/h2-3,6,12-13H,4-5,10-11H2,1H3. The van der Waals surface area contributed by atoms with Gasteiger partial charge >= 0.3 is 0 Å². The van der Waals surface area contributed by atoms with Gasteiger partial charge in [-0.2, -0.15) is 0 Å². The van der Waals surface area contributed by atoms with Crippen molar-refractivity contribution in [2.45, 2.75) is 0 Å². The zero-order chi connectivity index (χ0) is 12.2. The van der Waals surface area contributed by atoms with Gasteiger partial charge in [0.1, 0.15) is 0 Å². The molecule has 0 aliphatic carbocycles. The molecule has 0 aromatic heterocycles. The van der Waals surface area contributed by atoms with Gasteiger partial charge < -0.3 is 16.8 Å². The zero-order valence-electron chi connectivity index (χ0n) is 9.03. The second kappa shape index (κ2) is 5.04. The third-order valence-electron chi connectivity index (χ3n) is 2.10. The SMILES string of the molecule is CNS(=O)(=O)CCNc1ccc(N)c(N)c1. The van der Waals surface area contributed by atoms with E-state index in [-0.39, 0.29) is 5.75 Å². The third-order valence-corrected chi connectivity index (χ3v) is 3.46. The number of rotatable bonds is 5. The summed E-state index contributed by atoms with van der Waals surface area (Å²) in [4.78, 5) is 0. The molecule has 90 valence electrons. The lowest BCUT2D eigenvalue weighted by Gasteiger charge is -2.08. The van der Waals surface area contributed by atoms with E-state index < -0.39 is 10.0 Å². The van der Waals surface area contributed by atoms with Crippen LogP contribution in [0.25, 0.3) is 0 Å². The molecule has 0 radical (unpaired) electrons. The minimum atomic E-state index is -3.18. The van der Waals surface area contributed by atoms with Crippen LogP contribution in [-0.4, -0.2) is 27.8 Å². The molecule has 0 fully saturated rings. The van der Waals surface area contributed by atoms with E-state index in [1.54, 1.807) is 18.2 Å². The van der Waals surface area contributed by atoms with Gasteiger partial charge in [-0.1, -0.05) is 0 Å². The summed E-state index contributed by atoms with van der Waals surface area (Å²) in [7, 11) is -1.79. The highest BCUT2D eigenvalue weighted by Gasteiger charge is 2.05. The van der Waals surface area contributed by atoms with Crippen LogP contribution >= 0.6 is 0 Å². The maximum absolute atomic E-state index is 11.1. The number of sulfonamides is 1. The largest absolute Gasteiger partial charge is 0.397 e. The Morgan fingerprint density at radius 3 is 2.50 bits per heavy atom. The first-order valence-electron chi connectivity index (χ1n) is 4.75. The van der Waals surface area contributed by atoms with Crippen molar-refractivity contribution < 1.29 is 8.42 Å². The second-order valence-electron chi connectivity index (χ2n) is 3.29. The van der Waals surface area contributed by atoms with Crippen LogP contribution in [0.1, 0.15) is 0 Å². The summed E-state index contributed by atoms with van der Waals surface area (Å²) < 4.78 is 24.5. The molecule has 16 heavy (non-hydrogen) atoms. The molecular formula is C9H16N4O2S. The molecule has 0 amide bonds. The Balaban J connectivity index is 2.53. The van der Waals surface area contributed by atoms with Crippen molar-refractivity contribution in [1.29, 1.82) is 0 Å². The molecule has 0 saturated heterocycles. The van der Waals surface area contributed by atoms with Crippen molar-refractivity contribution in [3.63, 3.8) is 0 Å². The van der Waals surface area contributed by atoms with E-state index in [1.165, 1.54) is 7.05 Å². The van der Waals surface area contributed by atoms with Gasteiger partial charge in [0.15, 0.2) is 0 Å². The van der Waals surface area contributed by atoms with E-state index in [2.05, 4.69) is 10.0 Å². The van der Waals surface area contributed by atoms with Gasteiger partial charge in [-0.05, 0) is 25.2 Å². The molecule has 1 aromatic rings. The summed E-state index contributed by atoms with van der Waals surface area (Å²) >= 11 is 0. The summed E-state index contributed by atoms with van der Waals surface area (Å²) in [5.74, 6) is 0.00772. The average Bonchev–Trinajstić information content (AvgIpc) is 2.23. The number of anilines is 3. The minimum absolute atomic E-state index is 0.00772. The van der Waals surface area contributed by atoms with E-state index in [4.69, 9.17) is 11.5 Å². The Hall–Kier alpha value is -1.47. The summed E-state index contributed by atoms with van der Waals surface area (Å²) in [6, 6.07) is 5.09. The number of nitrogens with one attached hydrogen (secondary N) is 2. The Labute approximate surface area is 95.1 Å². The smallest absolute Gasteiger partial charge is 0.213 e. The predicted octanol–water partition coefficient (Wildman–Crippen LogP) is -0.188. The number of hydrogen-bond acceptors (Lipinski definition) is 5. The first-order valence-corrected chi connectivity index (χ1v) is 6.40. The molecule has 0 spiro atoms. The van der Waals surface area contributed by atoms with Crippen LogP contribution in [0.2, 0.25) is 0 Å². The van der Waals surface area contributed by atoms with Gasteiger partial charge in [0.25, 0.3) is 0 Å². The van der Waals surface area contributed by atoms with Crippen LogP contribution in [0.5, 0.6) is 0 Å². The van der Waals surface area contributed by atoms with Crippen LogP contribution in [-0.2, 0) is 10.0 Å². The van der Waals surface area contributed by atoms with E-state index >= 15 is 0 Å². The van der Waals surface area contributed by atoms with Crippen LogP contribution < -0.4 is 21.5 Å². The molecule has 6 N–H and O–H groups in total. The Bertz CT molecular complexity index is 459. The van der Waals surface area contributed by atoms with Gasteiger partial charge in [0, 0.05) is 12.2 Å².